The third-order valence-electron chi connectivity index (χ3n) is 2.45. The summed E-state index contributed by atoms with van der Waals surface area (Å²) >= 11 is 11.9. The second-order valence-corrected chi connectivity index (χ2v) is 4.35. The molecule has 5 heteroatoms. The highest BCUT2D eigenvalue weighted by atomic mass is 35.5. The average molecular weight is 263 g/mol. The van der Waals surface area contributed by atoms with E-state index < -0.39 is 6.10 Å². The Morgan fingerprint density at radius 3 is 2.69 bits per heavy atom. The number of aliphatic hydroxyl groups excluding tert-OH is 1. The van der Waals surface area contributed by atoms with Crippen molar-refractivity contribution in [3.63, 3.8) is 0 Å². The van der Waals surface area contributed by atoms with Gasteiger partial charge in [0.2, 0.25) is 0 Å². The third kappa shape index (κ3) is 2.67. The molecule has 1 heterocycles. The van der Waals surface area contributed by atoms with Crippen LogP contribution in [0.4, 0.5) is 0 Å². The van der Waals surface area contributed by atoms with E-state index in [1.54, 1.807) is 18.2 Å². The lowest BCUT2D eigenvalue weighted by Crippen LogP contribution is -2.13. The Kier molecular flexibility index (Phi) is 4.05. The second kappa shape index (κ2) is 5.34. The Balaban J connectivity index is 2.07. The molecule has 1 saturated heterocycles. The summed E-state index contributed by atoms with van der Waals surface area (Å²) in [6, 6.07) is 5.18. The van der Waals surface area contributed by atoms with Crippen LogP contribution in [0, 0.1) is 0 Å². The monoisotopic (exact) mass is 262 g/mol. The molecule has 16 heavy (non-hydrogen) atoms. The summed E-state index contributed by atoms with van der Waals surface area (Å²) in [7, 11) is 0. The number of hydrogen-bond acceptors (Lipinski definition) is 3. The van der Waals surface area contributed by atoms with Crippen molar-refractivity contribution in [3.8, 4) is 0 Å². The molecule has 1 aliphatic rings. The van der Waals surface area contributed by atoms with Gasteiger partial charge >= 0.3 is 0 Å². The smallest absolute Gasteiger partial charge is 0.160 e. The van der Waals surface area contributed by atoms with Crippen molar-refractivity contribution < 1.29 is 14.6 Å². The standard InChI is InChI=1S/C11H12Cl2O3/c12-8-3-1-2-7(11(8)13)9(14)6-10-15-4-5-16-10/h1-3,9-10,14H,4-6H2. The molecule has 1 fully saturated rings. The molecule has 0 radical (unpaired) electrons. The lowest BCUT2D eigenvalue weighted by Gasteiger charge is -2.16. The Hall–Kier alpha value is -0.320. The topological polar surface area (TPSA) is 38.7 Å². The normalized spacial score (nSPS) is 18.9. The maximum atomic E-state index is 9.98. The van der Waals surface area contributed by atoms with Crippen LogP contribution in [-0.4, -0.2) is 24.6 Å². The van der Waals surface area contributed by atoms with Crippen molar-refractivity contribution in [2.75, 3.05) is 13.2 Å². The van der Waals surface area contributed by atoms with Crippen LogP contribution in [0.2, 0.25) is 10.0 Å². The van der Waals surface area contributed by atoms with Gasteiger partial charge in [-0.1, -0.05) is 35.3 Å². The van der Waals surface area contributed by atoms with Crippen LogP contribution in [0.5, 0.6) is 0 Å². The van der Waals surface area contributed by atoms with Gasteiger partial charge in [-0.3, -0.25) is 0 Å². The SMILES string of the molecule is OC(CC1OCCO1)c1cccc(Cl)c1Cl. The van der Waals surface area contributed by atoms with Gasteiger partial charge in [-0.05, 0) is 6.07 Å². The van der Waals surface area contributed by atoms with Gasteiger partial charge in [0.15, 0.2) is 6.29 Å². The molecule has 0 bridgehead atoms. The quantitative estimate of drug-likeness (QED) is 0.911. The lowest BCUT2D eigenvalue weighted by atomic mass is 10.1. The summed E-state index contributed by atoms with van der Waals surface area (Å²) in [5.41, 5.74) is 0.605. The molecular weight excluding hydrogens is 251 g/mol. The third-order valence-corrected chi connectivity index (χ3v) is 3.28. The number of benzene rings is 1. The number of ether oxygens (including phenoxy) is 2. The summed E-state index contributed by atoms with van der Waals surface area (Å²) in [4.78, 5) is 0. The highest BCUT2D eigenvalue weighted by Crippen LogP contribution is 2.32. The molecule has 0 saturated carbocycles. The van der Waals surface area contributed by atoms with Gasteiger partial charge in [0.05, 0.1) is 29.4 Å². The molecule has 3 nitrogen and oxygen atoms in total. The molecule has 1 aromatic carbocycles. The molecule has 1 aromatic rings. The van der Waals surface area contributed by atoms with Crippen LogP contribution in [-0.2, 0) is 9.47 Å². The summed E-state index contributed by atoms with van der Waals surface area (Å²) in [6.07, 6.45) is -0.723. The van der Waals surface area contributed by atoms with E-state index in [0.717, 1.165) is 0 Å². The summed E-state index contributed by atoms with van der Waals surface area (Å²) in [5.74, 6) is 0. The zero-order valence-corrected chi connectivity index (χ0v) is 10.0. The minimum atomic E-state index is -0.728. The van der Waals surface area contributed by atoms with Crippen molar-refractivity contribution in [1.82, 2.24) is 0 Å². The lowest BCUT2D eigenvalue weighted by molar-refractivity contribution is -0.0707. The molecule has 88 valence electrons. The second-order valence-electron chi connectivity index (χ2n) is 3.57. The first-order valence-corrected chi connectivity index (χ1v) is 5.79. The van der Waals surface area contributed by atoms with Gasteiger partial charge in [0.25, 0.3) is 0 Å². The predicted octanol–water partition coefficient (Wildman–Crippen LogP) is 2.79. The van der Waals surface area contributed by atoms with Crippen molar-refractivity contribution in [2.24, 2.45) is 0 Å². The van der Waals surface area contributed by atoms with E-state index in [4.69, 9.17) is 32.7 Å². The fourth-order valence-corrected chi connectivity index (χ4v) is 2.06. The first kappa shape index (κ1) is 12.1. The first-order chi connectivity index (χ1) is 7.68. The van der Waals surface area contributed by atoms with Crippen molar-refractivity contribution >= 4 is 23.2 Å². The molecular formula is C11H12Cl2O3. The molecule has 1 atom stereocenters. The molecule has 0 amide bonds. The average Bonchev–Trinajstić information content (AvgIpc) is 2.74. The Morgan fingerprint density at radius 1 is 1.31 bits per heavy atom. The van der Waals surface area contributed by atoms with Crippen LogP contribution in [0.15, 0.2) is 18.2 Å². The number of rotatable bonds is 3. The highest BCUT2D eigenvalue weighted by Gasteiger charge is 2.22. The zero-order chi connectivity index (χ0) is 11.5. The number of hydrogen-bond donors (Lipinski definition) is 1. The molecule has 1 unspecified atom stereocenters. The Bertz CT molecular complexity index is 364. The van der Waals surface area contributed by atoms with Crippen LogP contribution in [0.25, 0.3) is 0 Å². The van der Waals surface area contributed by atoms with Gasteiger partial charge in [-0.15, -0.1) is 0 Å². The minimum absolute atomic E-state index is 0.356. The van der Waals surface area contributed by atoms with Crippen LogP contribution in [0.1, 0.15) is 18.1 Å². The fourth-order valence-electron chi connectivity index (χ4n) is 1.63. The Morgan fingerprint density at radius 2 is 2.00 bits per heavy atom. The maximum Gasteiger partial charge on any atom is 0.160 e. The van der Waals surface area contributed by atoms with E-state index in [-0.39, 0.29) is 6.29 Å². The summed E-state index contributed by atoms with van der Waals surface area (Å²) in [5, 5.41) is 10.8. The van der Waals surface area contributed by atoms with Gasteiger partial charge in [-0.2, -0.15) is 0 Å². The predicted molar refractivity (Wildman–Crippen MR) is 61.7 cm³/mol. The molecule has 0 aliphatic carbocycles. The Labute approximate surface area is 104 Å². The molecule has 1 aliphatic heterocycles. The fraction of sp³-hybridized carbons (Fsp3) is 0.455. The van der Waals surface area contributed by atoms with E-state index in [2.05, 4.69) is 0 Å². The first-order valence-electron chi connectivity index (χ1n) is 5.03. The number of halogens is 2. The van der Waals surface area contributed by atoms with Gasteiger partial charge < -0.3 is 14.6 Å². The van der Waals surface area contributed by atoms with E-state index in [1.807, 2.05) is 0 Å². The molecule has 1 N–H and O–H groups in total. The maximum absolute atomic E-state index is 9.98. The molecule has 0 aromatic heterocycles. The van der Waals surface area contributed by atoms with Crippen LogP contribution < -0.4 is 0 Å². The van der Waals surface area contributed by atoms with Gasteiger partial charge in [-0.25, -0.2) is 0 Å². The van der Waals surface area contributed by atoms with Crippen molar-refractivity contribution in [1.29, 1.82) is 0 Å². The summed E-state index contributed by atoms with van der Waals surface area (Å²) < 4.78 is 10.5. The zero-order valence-electron chi connectivity index (χ0n) is 8.53. The highest BCUT2D eigenvalue weighted by molar-refractivity contribution is 6.42. The molecule has 0 spiro atoms. The van der Waals surface area contributed by atoms with E-state index in [9.17, 15) is 5.11 Å². The summed E-state index contributed by atoms with van der Waals surface area (Å²) in [6.45, 7) is 1.14. The van der Waals surface area contributed by atoms with Crippen molar-refractivity contribution in [3.05, 3.63) is 33.8 Å². The van der Waals surface area contributed by atoms with E-state index in [0.29, 0.717) is 35.2 Å². The number of aliphatic hydroxyl groups is 1. The largest absolute Gasteiger partial charge is 0.388 e. The van der Waals surface area contributed by atoms with Crippen molar-refractivity contribution in [2.45, 2.75) is 18.8 Å². The minimum Gasteiger partial charge on any atom is -0.388 e. The van der Waals surface area contributed by atoms with E-state index >= 15 is 0 Å². The van der Waals surface area contributed by atoms with Crippen LogP contribution >= 0.6 is 23.2 Å². The van der Waals surface area contributed by atoms with Gasteiger partial charge in [0.1, 0.15) is 0 Å². The van der Waals surface area contributed by atoms with Crippen LogP contribution in [0.3, 0.4) is 0 Å². The molecule has 2 rings (SSSR count). The van der Waals surface area contributed by atoms with E-state index in [1.165, 1.54) is 0 Å². The van der Waals surface area contributed by atoms with Gasteiger partial charge in [0, 0.05) is 12.0 Å².